The van der Waals surface area contributed by atoms with E-state index in [1.807, 2.05) is 0 Å². The number of ether oxygens (including phenoxy) is 3. The first-order chi connectivity index (χ1) is 13.3. The SMILES string of the molecule is CCOC(=O)c1c(C)[nH]c(C(=O)NNC(=O)c2ccc(OC)c(OC)c2)c1C. The smallest absolute Gasteiger partial charge is 0.340 e. The fraction of sp³-hybridized carbons (Fsp3) is 0.316. The van der Waals surface area contributed by atoms with Crippen molar-refractivity contribution in [3.63, 3.8) is 0 Å². The van der Waals surface area contributed by atoms with E-state index in [4.69, 9.17) is 14.2 Å². The van der Waals surface area contributed by atoms with Crippen molar-refractivity contribution in [1.29, 1.82) is 0 Å². The van der Waals surface area contributed by atoms with Crippen molar-refractivity contribution in [3.8, 4) is 11.5 Å². The minimum Gasteiger partial charge on any atom is -0.493 e. The van der Waals surface area contributed by atoms with Gasteiger partial charge < -0.3 is 19.2 Å². The molecule has 3 N–H and O–H groups in total. The number of carbonyl (C=O) groups is 3. The summed E-state index contributed by atoms with van der Waals surface area (Å²) in [5.41, 5.74) is 6.32. The zero-order valence-electron chi connectivity index (χ0n) is 16.4. The van der Waals surface area contributed by atoms with Gasteiger partial charge in [-0.1, -0.05) is 0 Å². The molecule has 1 aromatic heterocycles. The third-order valence-corrected chi connectivity index (χ3v) is 4.08. The van der Waals surface area contributed by atoms with Crippen molar-refractivity contribution in [3.05, 3.63) is 46.3 Å². The summed E-state index contributed by atoms with van der Waals surface area (Å²) in [6.45, 7) is 5.22. The van der Waals surface area contributed by atoms with Crippen LogP contribution in [0.2, 0.25) is 0 Å². The lowest BCUT2D eigenvalue weighted by Gasteiger charge is -2.10. The number of H-pyrrole nitrogens is 1. The molecule has 1 aromatic carbocycles. The fourth-order valence-electron chi connectivity index (χ4n) is 2.71. The van der Waals surface area contributed by atoms with Crippen molar-refractivity contribution in [2.45, 2.75) is 20.8 Å². The van der Waals surface area contributed by atoms with E-state index >= 15 is 0 Å². The predicted molar refractivity (Wildman–Crippen MR) is 101 cm³/mol. The van der Waals surface area contributed by atoms with E-state index in [-0.39, 0.29) is 17.9 Å². The third kappa shape index (κ3) is 4.25. The Labute approximate surface area is 162 Å². The van der Waals surface area contributed by atoms with Crippen LogP contribution in [0.1, 0.15) is 49.4 Å². The molecule has 0 spiro atoms. The number of nitrogens with one attached hydrogen (secondary N) is 3. The summed E-state index contributed by atoms with van der Waals surface area (Å²) in [5.74, 6) is -0.781. The van der Waals surface area contributed by atoms with Gasteiger partial charge in [0.2, 0.25) is 0 Å². The molecular formula is C19H23N3O6. The van der Waals surface area contributed by atoms with E-state index in [0.717, 1.165) is 0 Å². The van der Waals surface area contributed by atoms with E-state index < -0.39 is 17.8 Å². The van der Waals surface area contributed by atoms with Crippen molar-refractivity contribution in [2.75, 3.05) is 20.8 Å². The summed E-state index contributed by atoms with van der Waals surface area (Å²) >= 11 is 0. The quantitative estimate of drug-likeness (QED) is 0.513. The van der Waals surface area contributed by atoms with Crippen LogP contribution in [0.4, 0.5) is 0 Å². The summed E-state index contributed by atoms with van der Waals surface area (Å²) in [5, 5.41) is 0. The lowest BCUT2D eigenvalue weighted by atomic mass is 10.1. The van der Waals surface area contributed by atoms with E-state index in [9.17, 15) is 14.4 Å². The lowest BCUT2D eigenvalue weighted by Crippen LogP contribution is -2.42. The van der Waals surface area contributed by atoms with Gasteiger partial charge in [-0.25, -0.2) is 4.79 Å². The molecule has 0 radical (unpaired) electrons. The Morgan fingerprint density at radius 3 is 2.25 bits per heavy atom. The van der Waals surface area contributed by atoms with Gasteiger partial charge in [0, 0.05) is 11.3 Å². The van der Waals surface area contributed by atoms with Crippen LogP contribution in [-0.4, -0.2) is 43.6 Å². The van der Waals surface area contributed by atoms with Gasteiger partial charge in [0.25, 0.3) is 11.8 Å². The van der Waals surface area contributed by atoms with Crippen molar-refractivity contribution < 1.29 is 28.6 Å². The topological polar surface area (TPSA) is 119 Å². The molecule has 2 aromatic rings. The molecule has 1 heterocycles. The fourth-order valence-corrected chi connectivity index (χ4v) is 2.71. The minimum absolute atomic E-state index is 0.160. The molecule has 0 atom stereocenters. The Morgan fingerprint density at radius 2 is 1.64 bits per heavy atom. The maximum atomic E-state index is 12.4. The molecule has 2 amide bonds. The monoisotopic (exact) mass is 389 g/mol. The second kappa shape index (κ2) is 8.94. The summed E-state index contributed by atoms with van der Waals surface area (Å²) in [7, 11) is 2.95. The number of aryl methyl sites for hydroxylation is 1. The Kier molecular flexibility index (Phi) is 6.64. The number of hydrogen-bond donors (Lipinski definition) is 3. The zero-order valence-corrected chi connectivity index (χ0v) is 16.4. The van der Waals surface area contributed by atoms with Crippen molar-refractivity contribution >= 4 is 17.8 Å². The number of hydrogen-bond acceptors (Lipinski definition) is 6. The highest BCUT2D eigenvalue weighted by molar-refractivity contribution is 6.02. The van der Waals surface area contributed by atoms with Crippen LogP contribution in [0.25, 0.3) is 0 Å². The van der Waals surface area contributed by atoms with Gasteiger partial charge in [-0.05, 0) is 44.5 Å². The van der Waals surface area contributed by atoms with Gasteiger partial charge in [-0.3, -0.25) is 20.4 Å². The lowest BCUT2D eigenvalue weighted by molar-refractivity contribution is 0.0524. The summed E-state index contributed by atoms with van der Waals surface area (Å²) in [6.07, 6.45) is 0. The summed E-state index contributed by atoms with van der Waals surface area (Å²) in [4.78, 5) is 39.6. The predicted octanol–water partition coefficient (Wildman–Crippen LogP) is 1.90. The molecule has 9 nitrogen and oxygen atoms in total. The summed E-state index contributed by atoms with van der Waals surface area (Å²) < 4.78 is 15.3. The molecule has 0 saturated carbocycles. The van der Waals surface area contributed by atoms with Gasteiger partial charge in [0.05, 0.1) is 26.4 Å². The van der Waals surface area contributed by atoms with Gasteiger partial charge >= 0.3 is 5.97 Å². The number of methoxy groups -OCH3 is 2. The molecule has 28 heavy (non-hydrogen) atoms. The van der Waals surface area contributed by atoms with Crippen LogP contribution in [0, 0.1) is 13.8 Å². The number of benzene rings is 1. The number of rotatable bonds is 6. The zero-order chi connectivity index (χ0) is 20.8. The van der Waals surface area contributed by atoms with Crippen LogP contribution < -0.4 is 20.3 Å². The minimum atomic E-state index is -0.593. The average Bonchev–Trinajstić information content (AvgIpc) is 2.99. The Balaban J connectivity index is 2.11. The standard InChI is InChI=1S/C19H23N3O6/c1-6-28-19(25)15-10(2)16(20-11(15)3)18(24)22-21-17(23)12-7-8-13(26-4)14(9-12)27-5/h7-9,20H,6H2,1-5H3,(H,21,23)(H,22,24). The average molecular weight is 389 g/mol. The molecule has 0 fully saturated rings. The van der Waals surface area contributed by atoms with Crippen molar-refractivity contribution in [2.24, 2.45) is 0 Å². The second-order valence-corrected chi connectivity index (χ2v) is 5.82. The molecule has 2 rings (SSSR count). The number of hydrazine groups is 1. The maximum absolute atomic E-state index is 12.4. The number of aromatic amines is 1. The number of carbonyl (C=O) groups excluding carboxylic acids is 3. The largest absolute Gasteiger partial charge is 0.493 e. The Bertz CT molecular complexity index is 903. The van der Waals surface area contributed by atoms with Crippen LogP contribution in [0.5, 0.6) is 11.5 Å². The number of aromatic nitrogens is 1. The second-order valence-electron chi connectivity index (χ2n) is 5.82. The highest BCUT2D eigenvalue weighted by Crippen LogP contribution is 2.27. The molecule has 0 aliphatic carbocycles. The van der Waals surface area contributed by atoms with E-state index in [0.29, 0.717) is 28.3 Å². The van der Waals surface area contributed by atoms with E-state index in [1.165, 1.54) is 26.4 Å². The molecule has 0 saturated heterocycles. The van der Waals surface area contributed by atoms with Gasteiger partial charge in [0.1, 0.15) is 5.69 Å². The molecule has 150 valence electrons. The molecular weight excluding hydrogens is 366 g/mol. The molecule has 0 bridgehead atoms. The van der Waals surface area contributed by atoms with Gasteiger partial charge in [0.15, 0.2) is 11.5 Å². The number of esters is 1. The first kappa shape index (κ1) is 20.8. The van der Waals surface area contributed by atoms with Crippen LogP contribution in [-0.2, 0) is 4.74 Å². The Morgan fingerprint density at radius 1 is 1.00 bits per heavy atom. The van der Waals surface area contributed by atoms with E-state index in [2.05, 4.69) is 15.8 Å². The first-order valence-electron chi connectivity index (χ1n) is 8.53. The highest BCUT2D eigenvalue weighted by Gasteiger charge is 2.23. The summed E-state index contributed by atoms with van der Waals surface area (Å²) in [6, 6.07) is 4.61. The van der Waals surface area contributed by atoms with Crippen LogP contribution in [0.15, 0.2) is 18.2 Å². The Hall–Kier alpha value is -3.49. The molecule has 0 aliphatic rings. The molecule has 9 heteroatoms. The maximum Gasteiger partial charge on any atom is 0.340 e. The highest BCUT2D eigenvalue weighted by atomic mass is 16.5. The van der Waals surface area contributed by atoms with Gasteiger partial charge in [-0.15, -0.1) is 0 Å². The normalized spacial score (nSPS) is 10.2. The van der Waals surface area contributed by atoms with Crippen molar-refractivity contribution in [1.82, 2.24) is 15.8 Å². The van der Waals surface area contributed by atoms with Gasteiger partial charge in [-0.2, -0.15) is 0 Å². The van der Waals surface area contributed by atoms with Crippen LogP contribution in [0.3, 0.4) is 0 Å². The van der Waals surface area contributed by atoms with Crippen LogP contribution >= 0.6 is 0 Å². The third-order valence-electron chi connectivity index (χ3n) is 4.08. The molecule has 0 aliphatic heterocycles. The number of amides is 2. The van der Waals surface area contributed by atoms with E-state index in [1.54, 1.807) is 26.8 Å². The first-order valence-corrected chi connectivity index (χ1v) is 8.53. The molecule has 0 unspecified atom stereocenters.